The molecule has 1 atom stereocenters. The Morgan fingerprint density at radius 3 is 2.78 bits per heavy atom. The zero-order chi connectivity index (χ0) is 17.3. The zero-order valence-electron chi connectivity index (χ0n) is 14.0. The van der Waals surface area contributed by atoms with Gasteiger partial charge in [-0.05, 0) is 40.2 Å². The Hall–Kier alpha value is -1.33. The van der Waals surface area contributed by atoms with Crippen LogP contribution in [0.3, 0.4) is 0 Å². The first-order valence-corrected chi connectivity index (χ1v) is 8.02. The summed E-state index contributed by atoms with van der Waals surface area (Å²) in [5, 5.41) is 0.0815. The van der Waals surface area contributed by atoms with Gasteiger partial charge in [-0.1, -0.05) is 23.7 Å². The van der Waals surface area contributed by atoms with E-state index in [1.54, 1.807) is 17.0 Å². The van der Waals surface area contributed by atoms with Crippen molar-refractivity contribution in [3.05, 3.63) is 34.6 Å². The van der Waals surface area contributed by atoms with Gasteiger partial charge in [-0.25, -0.2) is 9.18 Å². The van der Waals surface area contributed by atoms with Crippen LogP contribution in [0.15, 0.2) is 18.2 Å². The second-order valence-corrected chi connectivity index (χ2v) is 7.51. The van der Waals surface area contributed by atoms with E-state index in [9.17, 15) is 9.18 Å². The van der Waals surface area contributed by atoms with Gasteiger partial charge in [-0.15, -0.1) is 0 Å². The summed E-state index contributed by atoms with van der Waals surface area (Å²) in [7, 11) is 0. The Bertz CT molecular complexity index is 588. The number of rotatable bonds is 3. The van der Waals surface area contributed by atoms with Crippen LogP contribution >= 0.6 is 11.6 Å². The lowest BCUT2D eigenvalue weighted by atomic mass is 10.1. The minimum atomic E-state index is -0.527. The highest BCUT2D eigenvalue weighted by Crippen LogP contribution is 2.28. The first kappa shape index (κ1) is 18.0. The minimum Gasteiger partial charge on any atom is -0.444 e. The molecule has 1 saturated heterocycles. The van der Waals surface area contributed by atoms with E-state index in [1.165, 1.54) is 6.07 Å². The first-order chi connectivity index (χ1) is 10.6. The van der Waals surface area contributed by atoms with Gasteiger partial charge >= 0.3 is 6.09 Å². The molecule has 0 spiro atoms. The Labute approximate surface area is 141 Å². The SMILES string of the molecule is CC(C)(C)OC(=O)N1CCC(C)(OCc2cccc(Cl)c2F)C1. The zero-order valence-corrected chi connectivity index (χ0v) is 14.7. The number of hydrogen-bond donors (Lipinski definition) is 0. The van der Waals surface area contributed by atoms with E-state index in [1.807, 2.05) is 27.7 Å². The van der Waals surface area contributed by atoms with Crippen LogP contribution in [0.1, 0.15) is 39.7 Å². The monoisotopic (exact) mass is 343 g/mol. The first-order valence-electron chi connectivity index (χ1n) is 7.64. The lowest BCUT2D eigenvalue weighted by Gasteiger charge is -2.27. The van der Waals surface area contributed by atoms with Gasteiger partial charge in [0.1, 0.15) is 11.4 Å². The maximum absolute atomic E-state index is 13.9. The molecule has 1 unspecified atom stereocenters. The van der Waals surface area contributed by atoms with E-state index in [4.69, 9.17) is 21.1 Å². The summed E-state index contributed by atoms with van der Waals surface area (Å²) < 4.78 is 25.1. The van der Waals surface area contributed by atoms with Gasteiger partial charge in [0.15, 0.2) is 0 Å². The molecule has 0 saturated carbocycles. The van der Waals surface area contributed by atoms with Crippen LogP contribution in [0.2, 0.25) is 5.02 Å². The number of ether oxygens (including phenoxy) is 2. The van der Waals surface area contributed by atoms with Crippen LogP contribution in [-0.4, -0.2) is 35.3 Å². The van der Waals surface area contributed by atoms with Crippen molar-refractivity contribution >= 4 is 17.7 Å². The van der Waals surface area contributed by atoms with Crippen molar-refractivity contribution < 1.29 is 18.7 Å². The van der Waals surface area contributed by atoms with Crippen LogP contribution in [0.25, 0.3) is 0 Å². The Balaban J connectivity index is 1.94. The van der Waals surface area contributed by atoms with Gasteiger partial charge in [0.2, 0.25) is 0 Å². The molecule has 1 aromatic carbocycles. The summed E-state index contributed by atoms with van der Waals surface area (Å²) in [4.78, 5) is 13.7. The van der Waals surface area contributed by atoms with Crippen molar-refractivity contribution in [3.8, 4) is 0 Å². The lowest BCUT2D eigenvalue weighted by Crippen LogP contribution is -2.39. The molecule has 0 N–H and O–H groups in total. The molecule has 4 nitrogen and oxygen atoms in total. The predicted octanol–water partition coefficient (Wildman–Crippen LogP) is 4.40. The summed E-state index contributed by atoms with van der Waals surface area (Å²) in [6.07, 6.45) is 0.327. The van der Waals surface area contributed by atoms with Crippen molar-refractivity contribution in [2.75, 3.05) is 13.1 Å². The normalized spacial score (nSPS) is 21.6. The summed E-state index contributed by atoms with van der Waals surface area (Å²) in [6.45, 7) is 8.51. The van der Waals surface area contributed by atoms with Gasteiger partial charge in [0, 0.05) is 12.1 Å². The van der Waals surface area contributed by atoms with E-state index >= 15 is 0 Å². The van der Waals surface area contributed by atoms with E-state index in [0.29, 0.717) is 25.1 Å². The summed E-state index contributed by atoms with van der Waals surface area (Å²) in [6, 6.07) is 4.83. The van der Waals surface area contributed by atoms with Crippen LogP contribution in [0.4, 0.5) is 9.18 Å². The standard InChI is InChI=1S/C17H23ClFNO3/c1-16(2,3)23-15(21)20-9-8-17(4,11-20)22-10-12-6-5-7-13(18)14(12)19/h5-7H,8-11H2,1-4H3. The largest absolute Gasteiger partial charge is 0.444 e. The average Bonchev–Trinajstić information content (AvgIpc) is 2.82. The summed E-state index contributed by atoms with van der Waals surface area (Å²) >= 11 is 5.77. The third kappa shape index (κ3) is 4.82. The quantitative estimate of drug-likeness (QED) is 0.816. The van der Waals surface area contributed by atoms with E-state index in [2.05, 4.69) is 0 Å². The number of amides is 1. The summed E-state index contributed by atoms with van der Waals surface area (Å²) in [5.74, 6) is -0.459. The Morgan fingerprint density at radius 2 is 2.13 bits per heavy atom. The van der Waals surface area contributed by atoms with Crippen LogP contribution in [-0.2, 0) is 16.1 Å². The van der Waals surface area contributed by atoms with Gasteiger partial charge in [-0.2, -0.15) is 0 Å². The summed E-state index contributed by atoms with van der Waals surface area (Å²) in [5.41, 5.74) is -0.638. The number of hydrogen-bond acceptors (Lipinski definition) is 3. The smallest absolute Gasteiger partial charge is 0.410 e. The topological polar surface area (TPSA) is 38.8 Å². The maximum Gasteiger partial charge on any atom is 0.410 e. The fourth-order valence-corrected chi connectivity index (χ4v) is 2.64. The molecule has 0 aliphatic carbocycles. The van der Waals surface area contributed by atoms with Crippen molar-refractivity contribution in [3.63, 3.8) is 0 Å². The molecule has 0 aromatic heterocycles. The molecule has 1 aliphatic heterocycles. The van der Waals surface area contributed by atoms with Crippen molar-refractivity contribution in [1.29, 1.82) is 0 Å². The van der Waals surface area contributed by atoms with E-state index < -0.39 is 17.0 Å². The molecule has 6 heteroatoms. The molecule has 1 aliphatic rings. The Morgan fingerprint density at radius 1 is 1.43 bits per heavy atom. The van der Waals surface area contributed by atoms with Gasteiger partial charge in [0.25, 0.3) is 0 Å². The van der Waals surface area contributed by atoms with Gasteiger partial charge < -0.3 is 14.4 Å². The van der Waals surface area contributed by atoms with Crippen molar-refractivity contribution in [2.45, 2.75) is 51.9 Å². The highest BCUT2D eigenvalue weighted by Gasteiger charge is 2.38. The molecular weight excluding hydrogens is 321 g/mol. The number of carbonyl (C=O) groups is 1. The van der Waals surface area contributed by atoms with E-state index in [0.717, 1.165) is 0 Å². The van der Waals surface area contributed by atoms with Gasteiger partial charge in [-0.3, -0.25) is 0 Å². The molecule has 1 heterocycles. The van der Waals surface area contributed by atoms with E-state index in [-0.39, 0.29) is 17.7 Å². The van der Waals surface area contributed by atoms with Crippen LogP contribution < -0.4 is 0 Å². The number of halogens is 2. The van der Waals surface area contributed by atoms with Crippen LogP contribution in [0, 0.1) is 5.82 Å². The van der Waals surface area contributed by atoms with Gasteiger partial charge in [0.05, 0.1) is 23.8 Å². The number of likely N-dealkylation sites (tertiary alicyclic amines) is 1. The molecule has 0 bridgehead atoms. The molecule has 2 rings (SSSR count). The third-order valence-electron chi connectivity index (χ3n) is 3.70. The molecule has 1 amide bonds. The third-order valence-corrected chi connectivity index (χ3v) is 3.99. The molecule has 1 aromatic rings. The minimum absolute atomic E-state index is 0.0815. The second kappa shape index (κ2) is 6.65. The highest BCUT2D eigenvalue weighted by molar-refractivity contribution is 6.30. The molecule has 128 valence electrons. The molecule has 23 heavy (non-hydrogen) atoms. The fraction of sp³-hybridized carbons (Fsp3) is 0.588. The molecule has 1 fully saturated rings. The lowest BCUT2D eigenvalue weighted by molar-refractivity contribution is -0.0383. The maximum atomic E-state index is 13.9. The molecular formula is C17H23ClFNO3. The van der Waals surface area contributed by atoms with Crippen molar-refractivity contribution in [1.82, 2.24) is 4.90 Å². The predicted molar refractivity (Wildman–Crippen MR) is 87.0 cm³/mol. The van der Waals surface area contributed by atoms with Crippen LogP contribution in [0.5, 0.6) is 0 Å². The number of nitrogens with zero attached hydrogens (tertiary/aromatic N) is 1. The highest BCUT2D eigenvalue weighted by atomic mass is 35.5. The number of carbonyl (C=O) groups excluding carboxylic acids is 1. The fourth-order valence-electron chi connectivity index (χ4n) is 2.45. The molecule has 0 radical (unpaired) electrons. The Kier molecular flexibility index (Phi) is 5.21. The second-order valence-electron chi connectivity index (χ2n) is 7.10. The van der Waals surface area contributed by atoms with Crippen molar-refractivity contribution in [2.24, 2.45) is 0 Å². The number of benzene rings is 1. The average molecular weight is 344 g/mol.